The zero-order chi connectivity index (χ0) is 16.7. The van der Waals surface area contributed by atoms with Crippen LogP contribution in [-0.4, -0.2) is 29.1 Å². The van der Waals surface area contributed by atoms with Gasteiger partial charge in [0.15, 0.2) is 6.39 Å². The second kappa shape index (κ2) is 8.33. The predicted molar refractivity (Wildman–Crippen MR) is 85.2 cm³/mol. The summed E-state index contributed by atoms with van der Waals surface area (Å²) in [7, 11) is 0. The van der Waals surface area contributed by atoms with Crippen molar-refractivity contribution in [2.45, 2.75) is 32.8 Å². The Morgan fingerprint density at radius 3 is 2.74 bits per heavy atom. The Bertz CT molecular complexity index is 620. The van der Waals surface area contributed by atoms with Gasteiger partial charge in [-0.25, -0.2) is 4.98 Å². The first kappa shape index (κ1) is 17.0. The van der Waals surface area contributed by atoms with Crippen LogP contribution in [0.1, 0.15) is 36.8 Å². The van der Waals surface area contributed by atoms with Crippen molar-refractivity contribution in [2.75, 3.05) is 13.2 Å². The number of aliphatic hydroxyl groups is 1. The lowest BCUT2D eigenvalue weighted by molar-refractivity contribution is -0.120. The molecule has 6 heteroatoms. The van der Waals surface area contributed by atoms with Crippen molar-refractivity contribution >= 4 is 5.91 Å². The van der Waals surface area contributed by atoms with Gasteiger partial charge in [0.05, 0.1) is 13.0 Å². The summed E-state index contributed by atoms with van der Waals surface area (Å²) >= 11 is 0. The van der Waals surface area contributed by atoms with Gasteiger partial charge in [-0.05, 0) is 17.7 Å². The fourth-order valence-corrected chi connectivity index (χ4v) is 2.15. The third-order valence-electron chi connectivity index (χ3n) is 3.29. The summed E-state index contributed by atoms with van der Waals surface area (Å²) in [5, 5.41) is 11.3. The minimum absolute atomic E-state index is 0.0566. The third kappa shape index (κ3) is 5.10. The van der Waals surface area contributed by atoms with E-state index in [1.54, 1.807) is 0 Å². The van der Waals surface area contributed by atoms with Gasteiger partial charge in [-0.2, -0.15) is 0 Å². The number of nitrogens with one attached hydrogen (secondary N) is 1. The highest BCUT2D eigenvalue weighted by molar-refractivity contribution is 5.78. The molecular formula is C17H22N2O4. The molecular weight excluding hydrogens is 296 g/mol. The summed E-state index contributed by atoms with van der Waals surface area (Å²) < 4.78 is 11.1. The Hall–Kier alpha value is -2.34. The van der Waals surface area contributed by atoms with Gasteiger partial charge in [-0.3, -0.25) is 4.79 Å². The number of ether oxygens (including phenoxy) is 1. The molecule has 0 atom stereocenters. The number of rotatable bonds is 8. The number of aliphatic hydroxyl groups excluding tert-OH is 1. The monoisotopic (exact) mass is 318 g/mol. The van der Waals surface area contributed by atoms with Gasteiger partial charge in [0.25, 0.3) is 0 Å². The molecule has 0 bridgehead atoms. The topological polar surface area (TPSA) is 84.6 Å². The van der Waals surface area contributed by atoms with Crippen LogP contribution in [0.2, 0.25) is 0 Å². The summed E-state index contributed by atoms with van der Waals surface area (Å²) in [5.41, 5.74) is 1.68. The maximum Gasteiger partial charge on any atom is 0.224 e. The van der Waals surface area contributed by atoms with Crippen molar-refractivity contribution in [1.82, 2.24) is 10.3 Å². The lowest BCUT2D eigenvalue weighted by atomic mass is 10.1. The summed E-state index contributed by atoms with van der Waals surface area (Å²) in [5.74, 6) is 1.69. The molecule has 0 spiro atoms. The van der Waals surface area contributed by atoms with Crippen LogP contribution in [-0.2, 0) is 17.8 Å². The van der Waals surface area contributed by atoms with Crippen molar-refractivity contribution in [3.8, 4) is 5.75 Å². The quantitative estimate of drug-likeness (QED) is 0.778. The minimum atomic E-state index is -0.114. The average Bonchev–Trinajstić information content (AvgIpc) is 3.01. The van der Waals surface area contributed by atoms with E-state index >= 15 is 0 Å². The average molecular weight is 318 g/mol. The minimum Gasteiger partial charge on any atom is -0.487 e. The van der Waals surface area contributed by atoms with Crippen molar-refractivity contribution in [3.05, 3.63) is 47.7 Å². The zero-order valence-electron chi connectivity index (χ0n) is 13.4. The first-order valence-corrected chi connectivity index (χ1v) is 7.61. The molecule has 0 aliphatic rings. The van der Waals surface area contributed by atoms with Crippen molar-refractivity contribution in [1.29, 1.82) is 0 Å². The lowest BCUT2D eigenvalue weighted by Gasteiger charge is -2.08. The van der Waals surface area contributed by atoms with Crippen LogP contribution in [0.25, 0.3) is 0 Å². The number of carbonyl (C=O) groups is 1. The molecule has 0 fully saturated rings. The fourth-order valence-electron chi connectivity index (χ4n) is 2.15. The standard InChI is InChI=1S/C17H22N2O4/c1-12(2)17-15(19-11-23-17)10-22-14-5-3-13(4-6-14)9-16(21)18-7-8-20/h3-6,11-12,20H,7-10H2,1-2H3,(H,18,21). The highest BCUT2D eigenvalue weighted by atomic mass is 16.5. The summed E-state index contributed by atoms with van der Waals surface area (Å²) in [4.78, 5) is 15.7. The van der Waals surface area contributed by atoms with Crippen molar-refractivity contribution in [3.63, 3.8) is 0 Å². The predicted octanol–water partition coefficient (Wildman–Crippen LogP) is 2.03. The molecule has 23 heavy (non-hydrogen) atoms. The molecule has 0 aliphatic carbocycles. The molecule has 124 valence electrons. The number of hydrogen-bond donors (Lipinski definition) is 2. The van der Waals surface area contributed by atoms with Crippen LogP contribution in [0.4, 0.5) is 0 Å². The van der Waals surface area contributed by atoms with E-state index in [0.717, 1.165) is 17.0 Å². The van der Waals surface area contributed by atoms with Crippen LogP contribution in [0.15, 0.2) is 35.1 Å². The lowest BCUT2D eigenvalue weighted by Crippen LogP contribution is -2.27. The van der Waals surface area contributed by atoms with Gasteiger partial charge in [0.2, 0.25) is 5.91 Å². The smallest absolute Gasteiger partial charge is 0.224 e. The normalized spacial score (nSPS) is 10.8. The molecule has 2 rings (SSSR count). The molecule has 6 nitrogen and oxygen atoms in total. The van der Waals surface area contributed by atoms with Crippen molar-refractivity contribution in [2.24, 2.45) is 0 Å². The van der Waals surface area contributed by atoms with E-state index < -0.39 is 0 Å². The van der Waals surface area contributed by atoms with Crippen LogP contribution in [0, 0.1) is 0 Å². The van der Waals surface area contributed by atoms with Gasteiger partial charge in [-0.1, -0.05) is 26.0 Å². The molecule has 0 saturated carbocycles. The highest BCUT2D eigenvalue weighted by Gasteiger charge is 2.12. The molecule has 0 aliphatic heterocycles. The Morgan fingerprint density at radius 1 is 1.35 bits per heavy atom. The number of hydrogen-bond acceptors (Lipinski definition) is 5. The van der Waals surface area contributed by atoms with E-state index in [1.807, 2.05) is 38.1 Å². The first-order valence-electron chi connectivity index (χ1n) is 7.61. The molecule has 0 radical (unpaired) electrons. The largest absolute Gasteiger partial charge is 0.487 e. The Kier molecular flexibility index (Phi) is 6.17. The fraction of sp³-hybridized carbons (Fsp3) is 0.412. The SMILES string of the molecule is CC(C)c1ocnc1COc1ccc(CC(=O)NCCO)cc1. The van der Waals surface area contributed by atoms with Crippen LogP contribution < -0.4 is 10.1 Å². The molecule has 0 unspecified atom stereocenters. The number of aromatic nitrogens is 1. The van der Waals surface area contributed by atoms with E-state index in [1.165, 1.54) is 6.39 Å². The third-order valence-corrected chi connectivity index (χ3v) is 3.29. The van der Waals surface area contributed by atoms with Crippen LogP contribution in [0.5, 0.6) is 5.75 Å². The van der Waals surface area contributed by atoms with Crippen LogP contribution in [0.3, 0.4) is 0 Å². The maximum absolute atomic E-state index is 11.6. The van der Waals surface area contributed by atoms with Gasteiger partial charge < -0.3 is 19.6 Å². The molecule has 1 heterocycles. The number of carbonyl (C=O) groups excluding carboxylic acids is 1. The summed E-state index contributed by atoms with van der Waals surface area (Å²) in [6.45, 7) is 4.65. The van der Waals surface area contributed by atoms with E-state index in [2.05, 4.69) is 10.3 Å². The molecule has 1 amide bonds. The Morgan fingerprint density at radius 2 is 2.09 bits per heavy atom. The van der Waals surface area contributed by atoms with Crippen LogP contribution >= 0.6 is 0 Å². The molecule has 0 saturated heterocycles. The Balaban J connectivity index is 1.87. The Labute approximate surface area is 135 Å². The second-order valence-corrected chi connectivity index (χ2v) is 5.50. The molecule has 1 aromatic carbocycles. The van der Waals surface area contributed by atoms with E-state index in [0.29, 0.717) is 12.4 Å². The molecule has 1 aromatic heterocycles. The van der Waals surface area contributed by atoms with E-state index in [4.69, 9.17) is 14.3 Å². The van der Waals surface area contributed by atoms with Gasteiger partial charge in [0, 0.05) is 12.5 Å². The number of oxazole rings is 1. The summed E-state index contributed by atoms with van der Waals surface area (Å²) in [6, 6.07) is 7.34. The first-order chi connectivity index (χ1) is 11.1. The molecule has 2 aromatic rings. The number of nitrogens with zero attached hydrogens (tertiary/aromatic N) is 1. The number of amides is 1. The van der Waals surface area contributed by atoms with Crippen molar-refractivity contribution < 1.29 is 19.1 Å². The van der Waals surface area contributed by atoms with Gasteiger partial charge in [-0.15, -0.1) is 0 Å². The zero-order valence-corrected chi connectivity index (χ0v) is 13.4. The van der Waals surface area contributed by atoms with Gasteiger partial charge >= 0.3 is 0 Å². The van der Waals surface area contributed by atoms with E-state index in [-0.39, 0.29) is 31.4 Å². The molecule has 2 N–H and O–H groups in total. The second-order valence-electron chi connectivity index (χ2n) is 5.50. The highest BCUT2D eigenvalue weighted by Crippen LogP contribution is 2.20. The number of benzene rings is 1. The van der Waals surface area contributed by atoms with Gasteiger partial charge in [0.1, 0.15) is 23.8 Å². The summed E-state index contributed by atoms with van der Waals surface area (Å²) in [6.07, 6.45) is 1.71. The maximum atomic E-state index is 11.6. The van der Waals surface area contributed by atoms with E-state index in [9.17, 15) is 4.79 Å².